The van der Waals surface area contributed by atoms with Crippen LogP contribution in [-0.4, -0.2) is 54.6 Å². The standard InChI is InChI=1S/C25H24ClFN6O4/c1-13-6-15(26)5-4-14(13)8-29-22(35)17-7-16-20-18(30-24(37)31(20)3)9-28-21(16)33(23(17)36)10-19(34)32-11-25(2,27)12-32/h4-7,9H,8,10-12H2,1-3H3,(H,29,35)(H,30,37). The van der Waals surface area contributed by atoms with E-state index < -0.39 is 35.3 Å². The summed E-state index contributed by atoms with van der Waals surface area (Å²) in [6.45, 7) is 2.81. The topological polar surface area (TPSA) is 122 Å². The smallest absolute Gasteiger partial charge is 0.326 e. The molecule has 0 unspecified atom stereocenters. The van der Waals surface area contributed by atoms with Crippen LogP contribution in [0.4, 0.5) is 4.39 Å². The molecule has 1 fully saturated rings. The Bertz CT molecular complexity index is 1710. The second-order valence-corrected chi connectivity index (χ2v) is 10.0. The van der Waals surface area contributed by atoms with Crippen molar-refractivity contribution in [1.29, 1.82) is 0 Å². The molecular formula is C25H24ClFN6O4. The van der Waals surface area contributed by atoms with Gasteiger partial charge in [-0.3, -0.25) is 23.5 Å². The van der Waals surface area contributed by atoms with Crippen LogP contribution in [0.2, 0.25) is 5.02 Å². The molecule has 2 N–H and O–H groups in total. The van der Waals surface area contributed by atoms with Crippen LogP contribution in [0, 0.1) is 6.92 Å². The number of alkyl halides is 1. The third-order valence-electron chi connectivity index (χ3n) is 6.64. The fraction of sp³-hybridized carbons (Fsp3) is 0.320. The van der Waals surface area contributed by atoms with Gasteiger partial charge in [-0.2, -0.15) is 0 Å². The number of carbonyl (C=O) groups is 2. The molecule has 0 saturated carbocycles. The molecule has 1 aliphatic rings. The van der Waals surface area contributed by atoms with Gasteiger partial charge in [0.2, 0.25) is 5.91 Å². The van der Waals surface area contributed by atoms with E-state index in [4.69, 9.17) is 11.6 Å². The number of hydrogen-bond donors (Lipinski definition) is 2. The summed E-state index contributed by atoms with van der Waals surface area (Å²) in [6.07, 6.45) is 1.39. The zero-order valence-corrected chi connectivity index (χ0v) is 21.1. The maximum atomic E-state index is 14.0. The largest absolute Gasteiger partial charge is 0.348 e. The van der Waals surface area contributed by atoms with E-state index in [1.54, 1.807) is 25.2 Å². The first kappa shape index (κ1) is 24.7. The predicted molar refractivity (Wildman–Crippen MR) is 137 cm³/mol. The number of aromatic nitrogens is 4. The van der Waals surface area contributed by atoms with E-state index in [1.165, 1.54) is 28.7 Å². The Morgan fingerprint density at radius 2 is 1.97 bits per heavy atom. The number of rotatable bonds is 5. The van der Waals surface area contributed by atoms with Crippen LogP contribution in [-0.2, 0) is 24.9 Å². The van der Waals surface area contributed by atoms with E-state index in [2.05, 4.69) is 15.3 Å². The lowest BCUT2D eigenvalue weighted by molar-refractivity contribution is -0.144. The van der Waals surface area contributed by atoms with Crippen LogP contribution in [0.3, 0.4) is 0 Å². The number of nitrogens with zero attached hydrogens (tertiary/aromatic N) is 4. The summed E-state index contributed by atoms with van der Waals surface area (Å²) >= 11 is 6.01. The van der Waals surface area contributed by atoms with Gasteiger partial charge in [0, 0.05) is 24.0 Å². The van der Waals surface area contributed by atoms with Gasteiger partial charge in [-0.1, -0.05) is 17.7 Å². The summed E-state index contributed by atoms with van der Waals surface area (Å²) in [4.78, 5) is 60.1. The summed E-state index contributed by atoms with van der Waals surface area (Å²) in [5.74, 6) is -1.13. The van der Waals surface area contributed by atoms with Crippen molar-refractivity contribution in [2.24, 2.45) is 7.05 Å². The van der Waals surface area contributed by atoms with Crippen molar-refractivity contribution in [3.63, 3.8) is 0 Å². The number of H-pyrrole nitrogens is 1. The summed E-state index contributed by atoms with van der Waals surface area (Å²) in [5.41, 5.74) is -0.141. The van der Waals surface area contributed by atoms with Crippen molar-refractivity contribution in [3.05, 3.63) is 73.0 Å². The highest BCUT2D eigenvalue weighted by molar-refractivity contribution is 6.30. The molecule has 3 aromatic heterocycles. The van der Waals surface area contributed by atoms with Crippen molar-refractivity contribution < 1.29 is 14.0 Å². The minimum absolute atomic E-state index is 0.0802. The monoisotopic (exact) mass is 526 g/mol. The van der Waals surface area contributed by atoms with Gasteiger partial charge in [-0.15, -0.1) is 0 Å². The molecular weight excluding hydrogens is 503 g/mol. The molecule has 0 bridgehead atoms. The van der Waals surface area contributed by atoms with E-state index >= 15 is 0 Å². The Morgan fingerprint density at radius 3 is 2.65 bits per heavy atom. The van der Waals surface area contributed by atoms with Crippen LogP contribution in [0.5, 0.6) is 0 Å². The second kappa shape index (κ2) is 8.84. The highest BCUT2D eigenvalue weighted by Crippen LogP contribution is 2.26. The van der Waals surface area contributed by atoms with Gasteiger partial charge in [0.1, 0.15) is 23.4 Å². The van der Waals surface area contributed by atoms with Crippen molar-refractivity contribution in [3.8, 4) is 0 Å². The van der Waals surface area contributed by atoms with E-state index in [0.29, 0.717) is 21.4 Å². The fourth-order valence-corrected chi connectivity index (χ4v) is 4.88. The van der Waals surface area contributed by atoms with E-state index in [0.717, 1.165) is 15.7 Å². The van der Waals surface area contributed by atoms with E-state index in [1.807, 2.05) is 6.92 Å². The van der Waals surface area contributed by atoms with Gasteiger partial charge in [-0.25, -0.2) is 14.2 Å². The third-order valence-corrected chi connectivity index (χ3v) is 6.88. The Kier molecular flexibility index (Phi) is 5.90. The SMILES string of the molecule is Cc1cc(Cl)ccc1CNC(=O)c1cc2c3c(cnc2n(CC(=O)N2CC(C)(F)C2)c1=O)[nH]c(=O)n3C. The molecule has 37 heavy (non-hydrogen) atoms. The molecule has 0 radical (unpaired) electrons. The Hall–Kier alpha value is -3.99. The van der Waals surface area contributed by atoms with Gasteiger partial charge in [0.15, 0.2) is 0 Å². The number of imidazole rings is 1. The number of aryl methyl sites for hydroxylation is 2. The van der Waals surface area contributed by atoms with Gasteiger partial charge in [0.05, 0.1) is 30.3 Å². The van der Waals surface area contributed by atoms with Crippen molar-refractivity contribution in [2.45, 2.75) is 32.6 Å². The van der Waals surface area contributed by atoms with Gasteiger partial charge >= 0.3 is 5.69 Å². The first-order chi connectivity index (χ1) is 17.4. The number of nitrogens with one attached hydrogen (secondary N) is 2. The molecule has 12 heteroatoms. The molecule has 4 aromatic rings. The van der Waals surface area contributed by atoms with Crippen LogP contribution in [0.25, 0.3) is 22.1 Å². The first-order valence-corrected chi connectivity index (χ1v) is 11.9. The molecule has 1 aliphatic heterocycles. The lowest BCUT2D eigenvalue weighted by Gasteiger charge is -2.42. The van der Waals surface area contributed by atoms with Gasteiger partial charge < -0.3 is 15.2 Å². The average Bonchev–Trinajstić information content (AvgIpc) is 3.11. The molecule has 0 spiro atoms. The van der Waals surface area contributed by atoms with Crippen LogP contribution in [0.1, 0.15) is 28.4 Å². The maximum Gasteiger partial charge on any atom is 0.326 e. The van der Waals surface area contributed by atoms with Crippen LogP contribution >= 0.6 is 11.6 Å². The molecule has 0 atom stereocenters. The summed E-state index contributed by atoms with van der Waals surface area (Å²) in [6, 6.07) is 6.64. The Morgan fingerprint density at radius 1 is 1.24 bits per heavy atom. The number of aromatic amines is 1. The highest BCUT2D eigenvalue weighted by Gasteiger charge is 2.41. The Balaban J connectivity index is 1.59. The number of benzene rings is 1. The zero-order valence-electron chi connectivity index (χ0n) is 20.4. The minimum atomic E-state index is -1.47. The average molecular weight is 527 g/mol. The summed E-state index contributed by atoms with van der Waals surface area (Å²) in [7, 11) is 1.55. The number of carbonyl (C=O) groups excluding carboxylic acids is 2. The van der Waals surface area contributed by atoms with Crippen LogP contribution < -0.4 is 16.6 Å². The maximum absolute atomic E-state index is 14.0. The number of halogens is 2. The van der Waals surface area contributed by atoms with Gasteiger partial charge in [0.25, 0.3) is 11.5 Å². The molecule has 2 amide bonds. The van der Waals surface area contributed by atoms with Crippen molar-refractivity contribution in [1.82, 2.24) is 29.3 Å². The number of pyridine rings is 2. The first-order valence-electron chi connectivity index (χ1n) is 11.6. The van der Waals surface area contributed by atoms with E-state index in [9.17, 15) is 23.6 Å². The number of likely N-dealkylation sites (tertiary alicyclic amines) is 1. The highest BCUT2D eigenvalue weighted by atomic mass is 35.5. The molecule has 1 aromatic carbocycles. The number of hydrogen-bond acceptors (Lipinski definition) is 5. The second-order valence-electron chi connectivity index (χ2n) is 9.61. The zero-order chi connectivity index (χ0) is 26.6. The normalized spacial score (nSPS) is 14.7. The molecule has 0 aliphatic carbocycles. The van der Waals surface area contributed by atoms with Gasteiger partial charge in [-0.05, 0) is 43.2 Å². The number of fused-ring (bicyclic) bond motifs is 3. The predicted octanol–water partition coefficient (Wildman–Crippen LogP) is 2.04. The Labute approximate surface area is 214 Å². The minimum Gasteiger partial charge on any atom is -0.348 e. The lowest BCUT2D eigenvalue weighted by atomic mass is 9.99. The molecule has 1 saturated heterocycles. The molecule has 5 rings (SSSR count). The fourth-order valence-electron chi connectivity index (χ4n) is 4.66. The molecule has 192 valence electrons. The summed E-state index contributed by atoms with van der Waals surface area (Å²) in [5, 5.41) is 3.66. The third kappa shape index (κ3) is 4.39. The quantitative estimate of drug-likeness (QED) is 0.412. The van der Waals surface area contributed by atoms with Crippen molar-refractivity contribution in [2.75, 3.05) is 13.1 Å². The molecule has 4 heterocycles. The van der Waals surface area contributed by atoms with E-state index in [-0.39, 0.29) is 30.8 Å². The van der Waals surface area contributed by atoms with Crippen molar-refractivity contribution >= 4 is 45.5 Å². The summed E-state index contributed by atoms with van der Waals surface area (Å²) < 4.78 is 16.4. The number of amides is 2. The lowest BCUT2D eigenvalue weighted by Crippen LogP contribution is -2.60. The van der Waals surface area contributed by atoms with Crippen LogP contribution in [0.15, 0.2) is 40.1 Å². The molecule has 10 nitrogen and oxygen atoms in total.